The molecule has 178 valence electrons. The highest BCUT2D eigenvalue weighted by molar-refractivity contribution is 6.04. The van der Waals surface area contributed by atoms with Gasteiger partial charge in [0.05, 0.1) is 11.3 Å². The maximum absolute atomic E-state index is 12.4. The number of hydrogen-bond acceptors (Lipinski definition) is 5. The minimum absolute atomic E-state index is 0.0212. The molecule has 1 aliphatic rings. The molecular formula is C27H24N2O6. The lowest BCUT2D eigenvalue weighted by atomic mass is 9.98. The number of fused-ring (bicyclic) bond motifs is 3. The molecule has 0 fully saturated rings. The van der Waals surface area contributed by atoms with Gasteiger partial charge in [-0.3, -0.25) is 4.79 Å². The van der Waals surface area contributed by atoms with Crippen LogP contribution in [0.5, 0.6) is 5.75 Å². The van der Waals surface area contributed by atoms with Crippen molar-refractivity contribution in [3.05, 3.63) is 95.1 Å². The summed E-state index contributed by atoms with van der Waals surface area (Å²) in [5.41, 5.74) is 4.68. The number of nitrogens with one attached hydrogen (secondary N) is 2. The third kappa shape index (κ3) is 5.16. The number of carboxylic acids is 1. The minimum Gasteiger partial charge on any atom is -0.506 e. The Hall–Kier alpha value is -4.59. The van der Waals surface area contributed by atoms with Crippen LogP contribution in [0.1, 0.15) is 34.3 Å². The van der Waals surface area contributed by atoms with Gasteiger partial charge < -0.3 is 25.6 Å². The molecular weight excluding hydrogens is 448 g/mol. The Kier molecular flexibility index (Phi) is 6.82. The van der Waals surface area contributed by atoms with Crippen molar-refractivity contribution >= 4 is 23.7 Å². The average molecular weight is 472 g/mol. The average Bonchev–Trinajstić information content (AvgIpc) is 3.17. The van der Waals surface area contributed by atoms with Crippen LogP contribution in [0.4, 0.5) is 10.5 Å². The maximum Gasteiger partial charge on any atom is 0.407 e. The second-order valence-corrected chi connectivity index (χ2v) is 8.08. The van der Waals surface area contributed by atoms with E-state index >= 15 is 0 Å². The van der Waals surface area contributed by atoms with Gasteiger partial charge in [0.1, 0.15) is 12.4 Å². The number of carboxylic acid groups (broad SMARTS) is 1. The summed E-state index contributed by atoms with van der Waals surface area (Å²) in [4.78, 5) is 35.7. The molecule has 0 unspecified atom stereocenters. The Labute approximate surface area is 201 Å². The van der Waals surface area contributed by atoms with Crippen LogP contribution in [0.2, 0.25) is 0 Å². The third-order valence-corrected chi connectivity index (χ3v) is 5.85. The smallest absolute Gasteiger partial charge is 0.407 e. The number of rotatable bonds is 7. The van der Waals surface area contributed by atoms with Crippen LogP contribution in [-0.4, -0.2) is 41.3 Å². The van der Waals surface area contributed by atoms with Crippen LogP contribution < -0.4 is 10.6 Å². The minimum atomic E-state index is -1.18. The van der Waals surface area contributed by atoms with Crippen LogP contribution in [0.3, 0.4) is 0 Å². The van der Waals surface area contributed by atoms with Gasteiger partial charge in [0.2, 0.25) is 0 Å². The molecule has 3 aromatic rings. The monoisotopic (exact) mass is 472 g/mol. The van der Waals surface area contributed by atoms with Gasteiger partial charge in [-0.1, -0.05) is 54.6 Å². The third-order valence-electron chi connectivity index (χ3n) is 5.85. The lowest BCUT2D eigenvalue weighted by molar-refractivity contribution is -0.112. The maximum atomic E-state index is 12.4. The molecule has 0 atom stereocenters. The number of carbonyl (C=O) groups is 3. The number of benzene rings is 3. The van der Waals surface area contributed by atoms with E-state index in [2.05, 4.69) is 22.8 Å². The van der Waals surface area contributed by atoms with Gasteiger partial charge in [-0.25, -0.2) is 9.59 Å². The summed E-state index contributed by atoms with van der Waals surface area (Å²) < 4.78 is 5.46. The Morgan fingerprint density at radius 2 is 1.60 bits per heavy atom. The molecule has 3 aromatic carbocycles. The van der Waals surface area contributed by atoms with Crippen molar-refractivity contribution in [1.82, 2.24) is 5.32 Å². The highest BCUT2D eigenvalue weighted by Gasteiger charge is 2.28. The van der Waals surface area contributed by atoms with E-state index in [4.69, 9.17) is 9.84 Å². The molecule has 4 N–H and O–H groups in total. The summed E-state index contributed by atoms with van der Waals surface area (Å²) in [6.45, 7) is 1.77. The number of ether oxygens (including phenoxy) is 1. The Balaban J connectivity index is 1.31. The fourth-order valence-corrected chi connectivity index (χ4v) is 4.02. The van der Waals surface area contributed by atoms with Crippen molar-refractivity contribution < 1.29 is 29.3 Å². The molecule has 0 heterocycles. The predicted octanol–water partition coefficient (Wildman–Crippen LogP) is 4.51. The van der Waals surface area contributed by atoms with Gasteiger partial charge in [-0.2, -0.15) is 0 Å². The molecule has 0 saturated heterocycles. The number of aromatic hydroxyl groups is 1. The summed E-state index contributed by atoms with van der Waals surface area (Å²) >= 11 is 0. The number of hydrogen-bond donors (Lipinski definition) is 4. The molecule has 0 saturated carbocycles. The highest BCUT2D eigenvalue weighted by atomic mass is 16.5. The summed E-state index contributed by atoms with van der Waals surface area (Å²) in [6.07, 6.45) is 0.887. The van der Waals surface area contributed by atoms with Gasteiger partial charge in [0.15, 0.2) is 0 Å². The van der Waals surface area contributed by atoms with Crippen molar-refractivity contribution in [2.45, 2.75) is 12.8 Å². The first-order valence-electron chi connectivity index (χ1n) is 11.0. The van der Waals surface area contributed by atoms with E-state index in [1.165, 1.54) is 25.1 Å². The molecule has 0 aliphatic heterocycles. The number of phenols is 1. The SMILES string of the molecule is C/C(=C\CNC(=O)OCC1c2ccccc2-c2ccccc21)C(=O)Nc1cc(C(=O)O)ccc1O. The topological polar surface area (TPSA) is 125 Å². The molecule has 1 aliphatic carbocycles. The first-order chi connectivity index (χ1) is 16.8. The zero-order valence-electron chi connectivity index (χ0n) is 18.9. The highest BCUT2D eigenvalue weighted by Crippen LogP contribution is 2.44. The first kappa shape index (κ1) is 23.6. The number of aromatic carboxylic acids is 1. The predicted molar refractivity (Wildman–Crippen MR) is 131 cm³/mol. The largest absolute Gasteiger partial charge is 0.506 e. The number of anilines is 1. The number of amides is 2. The molecule has 8 heteroatoms. The molecule has 0 aromatic heterocycles. The lowest BCUT2D eigenvalue weighted by Gasteiger charge is -2.14. The van der Waals surface area contributed by atoms with E-state index in [1.807, 2.05) is 36.4 Å². The second kappa shape index (κ2) is 10.1. The summed E-state index contributed by atoms with van der Waals surface area (Å²) in [5.74, 6) is -2.03. The van der Waals surface area contributed by atoms with E-state index in [-0.39, 0.29) is 41.6 Å². The molecule has 0 radical (unpaired) electrons. The van der Waals surface area contributed by atoms with Crippen LogP contribution in [-0.2, 0) is 9.53 Å². The van der Waals surface area contributed by atoms with Crippen molar-refractivity contribution in [2.24, 2.45) is 0 Å². The Morgan fingerprint density at radius 1 is 0.971 bits per heavy atom. The van der Waals surface area contributed by atoms with E-state index in [0.29, 0.717) is 0 Å². The van der Waals surface area contributed by atoms with E-state index in [1.54, 1.807) is 0 Å². The summed E-state index contributed by atoms with van der Waals surface area (Å²) in [6, 6.07) is 19.7. The number of phenolic OH excluding ortho intramolecular Hbond substituents is 1. The fraction of sp³-hybridized carbons (Fsp3) is 0.148. The zero-order chi connectivity index (χ0) is 24.9. The van der Waals surface area contributed by atoms with Crippen molar-refractivity contribution in [1.29, 1.82) is 0 Å². The second-order valence-electron chi connectivity index (χ2n) is 8.08. The van der Waals surface area contributed by atoms with Crippen molar-refractivity contribution in [3.8, 4) is 16.9 Å². The van der Waals surface area contributed by atoms with Crippen LogP contribution >= 0.6 is 0 Å². The lowest BCUT2D eigenvalue weighted by Crippen LogP contribution is -2.26. The van der Waals surface area contributed by atoms with E-state index < -0.39 is 18.0 Å². The van der Waals surface area contributed by atoms with Gasteiger partial charge in [-0.15, -0.1) is 0 Å². The number of carbonyl (C=O) groups excluding carboxylic acids is 2. The van der Waals surface area contributed by atoms with E-state index in [9.17, 15) is 19.5 Å². The molecule has 2 amide bonds. The van der Waals surface area contributed by atoms with Crippen LogP contribution in [0, 0.1) is 0 Å². The summed E-state index contributed by atoms with van der Waals surface area (Å²) in [5, 5.41) is 24.0. The molecule has 0 bridgehead atoms. The van der Waals surface area contributed by atoms with Crippen LogP contribution in [0.15, 0.2) is 78.4 Å². The zero-order valence-corrected chi connectivity index (χ0v) is 18.9. The fourth-order valence-electron chi connectivity index (χ4n) is 4.02. The van der Waals surface area contributed by atoms with Crippen LogP contribution in [0.25, 0.3) is 11.1 Å². The molecule has 35 heavy (non-hydrogen) atoms. The standard InChI is InChI=1S/C27H24N2O6/c1-16(25(31)29-23-14-17(26(32)33)10-11-24(23)30)12-13-28-27(34)35-15-22-20-8-4-2-6-18(20)19-7-3-5-9-21(19)22/h2-12,14,22,30H,13,15H2,1H3,(H,28,34)(H,29,31)(H,32,33)/b16-12+. The molecule has 8 nitrogen and oxygen atoms in total. The first-order valence-corrected chi connectivity index (χ1v) is 11.0. The van der Waals surface area contributed by atoms with Gasteiger partial charge in [0, 0.05) is 18.0 Å². The van der Waals surface area contributed by atoms with Gasteiger partial charge >= 0.3 is 12.1 Å². The number of alkyl carbamates (subject to hydrolysis) is 1. The quantitative estimate of drug-likeness (QED) is 0.296. The van der Waals surface area contributed by atoms with Gasteiger partial charge in [-0.05, 0) is 47.4 Å². The van der Waals surface area contributed by atoms with Crippen molar-refractivity contribution in [2.75, 3.05) is 18.5 Å². The Bertz CT molecular complexity index is 1290. The molecule has 4 rings (SSSR count). The summed E-state index contributed by atoms with van der Waals surface area (Å²) in [7, 11) is 0. The van der Waals surface area contributed by atoms with Crippen molar-refractivity contribution in [3.63, 3.8) is 0 Å². The molecule has 0 spiro atoms. The van der Waals surface area contributed by atoms with E-state index in [0.717, 1.165) is 28.3 Å². The normalized spacial score (nSPS) is 12.4. The Morgan fingerprint density at radius 3 is 2.23 bits per heavy atom. The van der Waals surface area contributed by atoms with Gasteiger partial charge in [0.25, 0.3) is 5.91 Å².